The van der Waals surface area contributed by atoms with Crippen LogP contribution in [0.2, 0.25) is 0 Å². The maximum atomic E-state index is 12.6. The molecule has 0 aliphatic carbocycles. The highest BCUT2D eigenvalue weighted by Gasteiger charge is 2.21. The molecule has 0 saturated heterocycles. The Kier molecular flexibility index (Phi) is 5.88. The molecule has 0 unspecified atom stereocenters. The summed E-state index contributed by atoms with van der Waals surface area (Å²) in [5, 5.41) is 12.0. The number of alkyl halides is 2. The van der Waals surface area contributed by atoms with Gasteiger partial charge in [0.25, 0.3) is 6.43 Å². The van der Waals surface area contributed by atoms with E-state index in [2.05, 4.69) is 15.3 Å². The molecule has 0 radical (unpaired) electrons. The van der Waals surface area contributed by atoms with Crippen LogP contribution in [0.15, 0.2) is 6.33 Å². The van der Waals surface area contributed by atoms with Crippen LogP contribution in [0.3, 0.4) is 0 Å². The van der Waals surface area contributed by atoms with E-state index in [0.29, 0.717) is 11.6 Å². The molecule has 0 atom stereocenters. The first-order valence-electron chi connectivity index (χ1n) is 6.17. The third-order valence-electron chi connectivity index (χ3n) is 2.70. The van der Waals surface area contributed by atoms with Gasteiger partial charge in [0.2, 0.25) is 0 Å². The molecule has 1 aromatic rings. The van der Waals surface area contributed by atoms with E-state index in [1.54, 1.807) is 7.05 Å². The topological polar surface area (TPSA) is 61.3 Å². The van der Waals surface area contributed by atoms with Gasteiger partial charge in [0.15, 0.2) is 0 Å². The predicted molar refractivity (Wildman–Crippen MR) is 71.0 cm³/mol. The van der Waals surface area contributed by atoms with Crippen LogP contribution in [-0.2, 0) is 0 Å². The largest absolute Gasteiger partial charge is 0.395 e. The number of rotatable bonds is 7. The van der Waals surface area contributed by atoms with Crippen molar-refractivity contribution in [2.45, 2.75) is 26.2 Å². The van der Waals surface area contributed by atoms with Crippen LogP contribution in [0.1, 0.15) is 25.3 Å². The van der Waals surface area contributed by atoms with Crippen LogP contribution < -0.4 is 10.2 Å². The minimum absolute atomic E-state index is 0.0810. The van der Waals surface area contributed by atoms with Crippen LogP contribution in [-0.4, -0.2) is 48.2 Å². The van der Waals surface area contributed by atoms with Crippen LogP contribution in [0.4, 0.5) is 20.4 Å². The van der Waals surface area contributed by atoms with E-state index in [-0.39, 0.29) is 19.1 Å². The van der Waals surface area contributed by atoms with Gasteiger partial charge in [0, 0.05) is 19.2 Å². The van der Waals surface area contributed by atoms with Gasteiger partial charge >= 0.3 is 0 Å². The highest BCUT2D eigenvalue weighted by atomic mass is 19.3. The minimum atomic E-state index is -2.49. The Balaban J connectivity index is 3.20. The van der Waals surface area contributed by atoms with Crippen molar-refractivity contribution in [3.05, 3.63) is 11.9 Å². The molecule has 0 aliphatic rings. The van der Waals surface area contributed by atoms with Crippen LogP contribution in [0.25, 0.3) is 0 Å². The molecule has 19 heavy (non-hydrogen) atoms. The molecule has 0 bridgehead atoms. The summed E-state index contributed by atoms with van der Waals surface area (Å²) in [5.74, 6) is 1.15. The molecule has 108 valence electrons. The second-order valence-electron chi connectivity index (χ2n) is 4.42. The Morgan fingerprint density at radius 1 is 1.37 bits per heavy atom. The first-order valence-corrected chi connectivity index (χ1v) is 6.17. The van der Waals surface area contributed by atoms with Crippen molar-refractivity contribution in [3.8, 4) is 0 Å². The van der Waals surface area contributed by atoms with E-state index in [1.807, 2.05) is 13.8 Å². The van der Waals surface area contributed by atoms with E-state index >= 15 is 0 Å². The number of anilines is 2. The van der Waals surface area contributed by atoms with Gasteiger partial charge in [-0.3, -0.25) is 0 Å². The molecule has 0 fully saturated rings. The Hall–Kier alpha value is -1.50. The van der Waals surface area contributed by atoms with Crippen molar-refractivity contribution in [1.82, 2.24) is 9.97 Å². The fourth-order valence-electron chi connectivity index (χ4n) is 1.94. The summed E-state index contributed by atoms with van der Waals surface area (Å²) in [6, 6.07) is 0. The number of hydrogen-bond donors (Lipinski definition) is 2. The van der Waals surface area contributed by atoms with Crippen molar-refractivity contribution in [1.29, 1.82) is 0 Å². The molecule has 7 heteroatoms. The first kappa shape index (κ1) is 15.6. The van der Waals surface area contributed by atoms with E-state index < -0.39 is 13.0 Å². The zero-order valence-electron chi connectivity index (χ0n) is 11.4. The predicted octanol–water partition coefficient (Wildman–Crippen LogP) is 1.71. The first-order chi connectivity index (χ1) is 9.01. The summed E-state index contributed by atoms with van der Waals surface area (Å²) in [6.07, 6.45) is -1.15. The summed E-state index contributed by atoms with van der Waals surface area (Å²) in [5.41, 5.74) is 0.777. The van der Waals surface area contributed by atoms with Gasteiger partial charge in [0.05, 0.1) is 13.2 Å². The average molecular weight is 274 g/mol. The fraction of sp³-hybridized carbons (Fsp3) is 0.667. The van der Waals surface area contributed by atoms with Gasteiger partial charge in [-0.1, -0.05) is 13.8 Å². The number of aliphatic hydroxyl groups excluding tert-OH is 1. The SMILES string of the molecule is CNc1ncnc(N(CCO)CC(F)F)c1C(C)C. The van der Waals surface area contributed by atoms with E-state index in [0.717, 1.165) is 5.56 Å². The van der Waals surface area contributed by atoms with Gasteiger partial charge in [0.1, 0.15) is 18.0 Å². The summed E-state index contributed by atoms with van der Waals surface area (Å²) in [6.45, 7) is 3.35. The van der Waals surface area contributed by atoms with Gasteiger partial charge in [-0.25, -0.2) is 18.7 Å². The summed E-state index contributed by atoms with van der Waals surface area (Å²) in [7, 11) is 1.72. The zero-order valence-corrected chi connectivity index (χ0v) is 11.4. The molecule has 1 aromatic heterocycles. The smallest absolute Gasteiger partial charge is 0.255 e. The molecular weight excluding hydrogens is 254 g/mol. The van der Waals surface area contributed by atoms with Gasteiger partial charge in [-0.2, -0.15) is 0 Å². The van der Waals surface area contributed by atoms with Crippen molar-refractivity contribution >= 4 is 11.6 Å². The highest BCUT2D eigenvalue weighted by molar-refractivity contribution is 5.60. The van der Waals surface area contributed by atoms with Crippen LogP contribution in [0.5, 0.6) is 0 Å². The minimum Gasteiger partial charge on any atom is -0.395 e. The molecule has 2 N–H and O–H groups in total. The Labute approximate surface area is 111 Å². The molecule has 0 aliphatic heterocycles. The van der Waals surface area contributed by atoms with E-state index in [4.69, 9.17) is 5.11 Å². The lowest BCUT2D eigenvalue weighted by Crippen LogP contribution is -2.33. The molecule has 0 aromatic carbocycles. The molecule has 0 spiro atoms. The summed E-state index contributed by atoms with van der Waals surface area (Å²) < 4.78 is 25.3. The number of nitrogens with one attached hydrogen (secondary N) is 1. The lowest BCUT2D eigenvalue weighted by atomic mass is 10.0. The highest BCUT2D eigenvalue weighted by Crippen LogP contribution is 2.30. The Bertz CT molecular complexity index is 401. The average Bonchev–Trinajstić information content (AvgIpc) is 2.36. The standard InChI is InChI=1S/C12H20F2N4O/c1-8(2)10-11(15-3)16-7-17-12(10)18(4-5-19)6-9(13)14/h7-9,19H,4-6H2,1-3H3,(H,15,16,17). The van der Waals surface area contributed by atoms with Crippen LogP contribution >= 0.6 is 0 Å². The molecule has 1 heterocycles. The summed E-state index contributed by atoms with van der Waals surface area (Å²) >= 11 is 0. The van der Waals surface area contributed by atoms with E-state index in [1.165, 1.54) is 11.2 Å². The van der Waals surface area contributed by atoms with Gasteiger partial charge < -0.3 is 15.3 Å². The molecule has 1 rings (SSSR count). The second-order valence-corrected chi connectivity index (χ2v) is 4.42. The lowest BCUT2D eigenvalue weighted by Gasteiger charge is -2.26. The Morgan fingerprint density at radius 3 is 2.53 bits per heavy atom. The van der Waals surface area contributed by atoms with Crippen molar-refractivity contribution in [2.75, 3.05) is 37.0 Å². The monoisotopic (exact) mass is 274 g/mol. The Morgan fingerprint density at radius 2 is 2.05 bits per heavy atom. The van der Waals surface area contributed by atoms with Gasteiger partial charge in [-0.05, 0) is 5.92 Å². The molecule has 5 nitrogen and oxygen atoms in total. The maximum absolute atomic E-state index is 12.6. The van der Waals surface area contributed by atoms with E-state index in [9.17, 15) is 8.78 Å². The fourth-order valence-corrected chi connectivity index (χ4v) is 1.94. The summed E-state index contributed by atoms with van der Waals surface area (Å²) in [4.78, 5) is 9.60. The quantitative estimate of drug-likeness (QED) is 0.792. The normalized spacial score (nSPS) is 11.2. The maximum Gasteiger partial charge on any atom is 0.255 e. The lowest BCUT2D eigenvalue weighted by molar-refractivity contribution is 0.152. The van der Waals surface area contributed by atoms with Crippen molar-refractivity contribution in [3.63, 3.8) is 0 Å². The molecular formula is C12H20F2N4O. The van der Waals surface area contributed by atoms with Crippen molar-refractivity contribution < 1.29 is 13.9 Å². The molecule has 0 saturated carbocycles. The van der Waals surface area contributed by atoms with Crippen LogP contribution in [0, 0.1) is 0 Å². The van der Waals surface area contributed by atoms with Crippen molar-refractivity contribution in [2.24, 2.45) is 0 Å². The second kappa shape index (κ2) is 7.18. The number of nitrogens with zero attached hydrogens (tertiary/aromatic N) is 3. The molecule has 0 amide bonds. The third kappa shape index (κ3) is 3.99. The number of halogens is 2. The third-order valence-corrected chi connectivity index (χ3v) is 2.70. The number of aliphatic hydroxyl groups is 1. The number of hydrogen-bond acceptors (Lipinski definition) is 5. The number of aromatic nitrogens is 2. The zero-order chi connectivity index (χ0) is 14.4. The van der Waals surface area contributed by atoms with Gasteiger partial charge in [-0.15, -0.1) is 0 Å².